The van der Waals surface area contributed by atoms with Crippen LogP contribution in [0.15, 0.2) is 84.9 Å². The van der Waals surface area contributed by atoms with Crippen LogP contribution in [0.25, 0.3) is 44.1 Å². The molecular weight excluding hydrogens is 472 g/mol. The molecule has 7 nitrogen and oxygen atoms in total. The minimum atomic E-state index is 0.718. The van der Waals surface area contributed by atoms with E-state index in [4.69, 9.17) is 0 Å². The first-order valence-corrected chi connectivity index (χ1v) is 12.7. The lowest BCUT2D eigenvalue weighted by molar-refractivity contribution is -0.109. The van der Waals surface area contributed by atoms with Gasteiger partial charge < -0.3 is 10.6 Å². The third-order valence-electron chi connectivity index (χ3n) is 5.82. The van der Waals surface area contributed by atoms with E-state index in [0.29, 0.717) is 0 Å². The van der Waals surface area contributed by atoms with Crippen LogP contribution in [-0.4, -0.2) is 46.5 Å². The van der Waals surface area contributed by atoms with Crippen molar-refractivity contribution in [3.8, 4) is 0 Å². The molecule has 4 aromatic carbocycles. The Hall–Kier alpha value is -4.49. The third kappa shape index (κ3) is 7.05. The van der Waals surface area contributed by atoms with Gasteiger partial charge in [0.15, 0.2) is 0 Å². The number of hydrogen-bond donors (Lipinski definition) is 2. The topological polar surface area (TPSA) is 92.7 Å². The second-order valence-electron chi connectivity index (χ2n) is 8.94. The van der Waals surface area contributed by atoms with E-state index in [0.717, 1.165) is 70.1 Å². The highest BCUT2D eigenvalue weighted by Gasteiger charge is 2.01. The van der Waals surface area contributed by atoms with Gasteiger partial charge in [0.05, 0.1) is 44.1 Å². The normalized spacial score (nSPS) is 10.5. The number of para-hydroxylation sites is 4. The molecule has 192 valence electrons. The van der Waals surface area contributed by atoms with Crippen molar-refractivity contribution in [2.45, 2.75) is 20.3 Å². The Balaban J connectivity index is 0.000000140. The van der Waals surface area contributed by atoms with Gasteiger partial charge in [0.2, 0.25) is 6.41 Å². The summed E-state index contributed by atoms with van der Waals surface area (Å²) in [4.78, 5) is 27.9. The minimum Gasteiger partial charge on any atom is -0.359 e. The number of benzene rings is 4. The molecule has 0 bridgehead atoms. The number of carbonyl (C=O) groups is 1. The maximum Gasteiger partial charge on any atom is 0.207 e. The van der Waals surface area contributed by atoms with E-state index in [2.05, 4.69) is 68.7 Å². The molecule has 0 spiro atoms. The fourth-order valence-corrected chi connectivity index (χ4v) is 3.89. The predicted molar refractivity (Wildman–Crippen MR) is 156 cm³/mol. The molecule has 0 aliphatic heterocycles. The fraction of sp³-hybridized carbons (Fsp3) is 0.194. The quantitative estimate of drug-likeness (QED) is 0.182. The lowest BCUT2D eigenvalue weighted by Crippen LogP contribution is -2.17. The molecule has 2 heterocycles. The SMILES string of the molecule is CNCCCNC=O.Cc1ccc2nc3ccccc3nc2c1.Cc1ccc2nc3ccccc3nc2c1. The minimum absolute atomic E-state index is 0.718. The van der Waals surface area contributed by atoms with Gasteiger partial charge in [0.1, 0.15) is 0 Å². The molecule has 0 unspecified atom stereocenters. The summed E-state index contributed by atoms with van der Waals surface area (Å²) in [5.41, 5.74) is 10.1. The summed E-state index contributed by atoms with van der Waals surface area (Å²) in [6.07, 6.45) is 1.71. The van der Waals surface area contributed by atoms with Gasteiger partial charge >= 0.3 is 0 Å². The van der Waals surface area contributed by atoms with E-state index in [9.17, 15) is 4.79 Å². The van der Waals surface area contributed by atoms with Gasteiger partial charge in [-0.1, -0.05) is 36.4 Å². The van der Waals surface area contributed by atoms with Crippen molar-refractivity contribution in [1.82, 2.24) is 30.6 Å². The van der Waals surface area contributed by atoms with Crippen LogP contribution in [0, 0.1) is 13.8 Å². The summed E-state index contributed by atoms with van der Waals surface area (Å²) in [7, 11) is 1.89. The molecule has 7 heteroatoms. The molecule has 1 amide bonds. The number of nitrogens with one attached hydrogen (secondary N) is 2. The standard InChI is InChI=1S/2C13H10N2.C5H12N2O/c2*1-9-6-7-12-13(8-9)15-11-5-3-2-4-10(11)14-12;1-6-3-2-4-7-5-8/h2*2-8H,1H3;5-6H,2-4H2,1H3,(H,7,8). The molecular formula is C31H32N6O. The van der Waals surface area contributed by atoms with Crippen LogP contribution in [0.1, 0.15) is 17.5 Å². The largest absolute Gasteiger partial charge is 0.359 e. The van der Waals surface area contributed by atoms with Crippen LogP contribution in [0.5, 0.6) is 0 Å². The summed E-state index contributed by atoms with van der Waals surface area (Å²) in [5, 5.41) is 5.53. The van der Waals surface area contributed by atoms with E-state index in [1.807, 2.05) is 67.7 Å². The number of hydrogen-bond acceptors (Lipinski definition) is 6. The second kappa shape index (κ2) is 13.2. The van der Waals surface area contributed by atoms with Crippen LogP contribution in [0.4, 0.5) is 0 Å². The van der Waals surface area contributed by atoms with E-state index >= 15 is 0 Å². The van der Waals surface area contributed by atoms with Gasteiger partial charge in [-0.25, -0.2) is 19.9 Å². The van der Waals surface area contributed by atoms with Crippen molar-refractivity contribution >= 4 is 50.5 Å². The maximum atomic E-state index is 9.64. The van der Waals surface area contributed by atoms with Crippen LogP contribution >= 0.6 is 0 Å². The van der Waals surface area contributed by atoms with Crippen molar-refractivity contribution in [2.75, 3.05) is 20.1 Å². The van der Waals surface area contributed by atoms with Gasteiger partial charge in [-0.05, 0) is 93.5 Å². The van der Waals surface area contributed by atoms with Crippen molar-refractivity contribution in [3.05, 3.63) is 96.1 Å². The highest BCUT2D eigenvalue weighted by Crippen LogP contribution is 2.17. The van der Waals surface area contributed by atoms with Crippen molar-refractivity contribution in [1.29, 1.82) is 0 Å². The van der Waals surface area contributed by atoms with Gasteiger partial charge in [-0.3, -0.25) is 4.79 Å². The molecule has 6 aromatic rings. The third-order valence-corrected chi connectivity index (χ3v) is 5.82. The van der Waals surface area contributed by atoms with E-state index in [1.165, 1.54) is 11.1 Å². The van der Waals surface area contributed by atoms with E-state index in [1.54, 1.807) is 0 Å². The summed E-state index contributed by atoms with van der Waals surface area (Å²) in [5.74, 6) is 0. The first-order chi connectivity index (χ1) is 18.6. The molecule has 38 heavy (non-hydrogen) atoms. The molecule has 0 aliphatic carbocycles. The van der Waals surface area contributed by atoms with Crippen molar-refractivity contribution in [3.63, 3.8) is 0 Å². The molecule has 6 rings (SSSR count). The molecule has 0 radical (unpaired) electrons. The van der Waals surface area contributed by atoms with Crippen LogP contribution in [0.2, 0.25) is 0 Å². The Kier molecular flexibility index (Phi) is 9.21. The molecule has 0 aliphatic rings. The monoisotopic (exact) mass is 504 g/mol. The van der Waals surface area contributed by atoms with Gasteiger partial charge in [-0.2, -0.15) is 0 Å². The van der Waals surface area contributed by atoms with Gasteiger partial charge in [0.25, 0.3) is 0 Å². The Labute approximate surface area is 222 Å². The van der Waals surface area contributed by atoms with Crippen LogP contribution in [0.3, 0.4) is 0 Å². The molecule has 2 N–H and O–H groups in total. The molecule has 0 fully saturated rings. The fourth-order valence-electron chi connectivity index (χ4n) is 3.89. The summed E-state index contributed by atoms with van der Waals surface area (Å²) in [6.45, 7) is 5.86. The maximum absolute atomic E-state index is 9.64. The summed E-state index contributed by atoms with van der Waals surface area (Å²) in [6, 6.07) is 28.2. The molecule has 0 saturated carbocycles. The van der Waals surface area contributed by atoms with E-state index in [-0.39, 0.29) is 0 Å². The number of rotatable bonds is 5. The number of nitrogens with zero attached hydrogens (tertiary/aromatic N) is 4. The van der Waals surface area contributed by atoms with Gasteiger partial charge in [-0.15, -0.1) is 0 Å². The summed E-state index contributed by atoms with van der Waals surface area (Å²) >= 11 is 0. The summed E-state index contributed by atoms with van der Waals surface area (Å²) < 4.78 is 0. The Morgan fingerprint density at radius 3 is 1.37 bits per heavy atom. The number of carbonyl (C=O) groups excluding carboxylic acids is 1. The Morgan fingerprint density at radius 1 is 0.579 bits per heavy atom. The lowest BCUT2D eigenvalue weighted by atomic mass is 10.2. The van der Waals surface area contributed by atoms with Crippen LogP contribution < -0.4 is 10.6 Å². The zero-order valence-electron chi connectivity index (χ0n) is 22.0. The van der Waals surface area contributed by atoms with E-state index < -0.39 is 0 Å². The number of fused-ring (bicyclic) bond motifs is 4. The van der Waals surface area contributed by atoms with Crippen LogP contribution in [-0.2, 0) is 4.79 Å². The lowest BCUT2D eigenvalue weighted by Gasteiger charge is -2.00. The average molecular weight is 505 g/mol. The zero-order chi connectivity index (χ0) is 26.7. The predicted octanol–water partition coefficient (Wildman–Crippen LogP) is 5.52. The highest BCUT2D eigenvalue weighted by molar-refractivity contribution is 5.87. The smallest absolute Gasteiger partial charge is 0.207 e. The molecule has 0 atom stereocenters. The first kappa shape index (κ1) is 26.6. The Morgan fingerprint density at radius 2 is 0.974 bits per heavy atom. The molecule has 2 aromatic heterocycles. The Bertz CT molecular complexity index is 1550. The molecule has 0 saturated heterocycles. The second-order valence-corrected chi connectivity index (χ2v) is 8.94. The average Bonchev–Trinajstić information content (AvgIpc) is 2.94. The van der Waals surface area contributed by atoms with Crippen molar-refractivity contribution < 1.29 is 4.79 Å². The number of aryl methyl sites for hydroxylation is 2. The highest BCUT2D eigenvalue weighted by atomic mass is 16.1. The first-order valence-electron chi connectivity index (χ1n) is 12.7. The number of aromatic nitrogens is 4. The number of amides is 1. The zero-order valence-corrected chi connectivity index (χ0v) is 22.0. The van der Waals surface area contributed by atoms with Crippen molar-refractivity contribution in [2.24, 2.45) is 0 Å². The van der Waals surface area contributed by atoms with Gasteiger partial charge in [0, 0.05) is 6.54 Å².